The number of nitrogens with zero attached hydrogens (tertiary/aromatic N) is 5. The zero-order chi connectivity index (χ0) is 15.9. The van der Waals surface area contributed by atoms with Gasteiger partial charge in [-0.1, -0.05) is 6.07 Å². The second kappa shape index (κ2) is 4.88. The highest BCUT2D eigenvalue weighted by atomic mass is 16.2. The number of aromatic nitrogens is 4. The van der Waals surface area contributed by atoms with Gasteiger partial charge in [-0.2, -0.15) is 10.4 Å². The van der Waals surface area contributed by atoms with Crippen molar-refractivity contribution in [1.82, 2.24) is 18.7 Å². The first-order chi connectivity index (χ1) is 10.4. The van der Waals surface area contributed by atoms with E-state index < -0.39 is 0 Å². The highest BCUT2D eigenvalue weighted by Gasteiger charge is 2.19. The van der Waals surface area contributed by atoms with Crippen LogP contribution in [-0.2, 0) is 12.1 Å². The van der Waals surface area contributed by atoms with Crippen molar-refractivity contribution in [3.63, 3.8) is 0 Å². The molecule has 6 nitrogen and oxygen atoms in total. The van der Waals surface area contributed by atoms with Crippen molar-refractivity contribution < 1.29 is 0 Å². The van der Waals surface area contributed by atoms with Crippen molar-refractivity contribution >= 4 is 5.52 Å². The van der Waals surface area contributed by atoms with Gasteiger partial charge in [0.05, 0.1) is 23.2 Å². The first-order valence-electron chi connectivity index (χ1n) is 7.05. The van der Waals surface area contributed by atoms with Gasteiger partial charge in [-0.3, -0.25) is 4.57 Å². The van der Waals surface area contributed by atoms with Crippen LogP contribution in [0.15, 0.2) is 41.7 Å². The maximum Gasteiger partial charge on any atom is 0.346 e. The highest BCUT2D eigenvalue weighted by Crippen LogP contribution is 2.18. The Morgan fingerprint density at radius 3 is 2.73 bits per heavy atom. The Morgan fingerprint density at radius 1 is 1.32 bits per heavy atom. The lowest BCUT2D eigenvalue weighted by Crippen LogP contribution is -2.35. The van der Waals surface area contributed by atoms with Crippen molar-refractivity contribution in [2.24, 2.45) is 0 Å². The largest absolute Gasteiger partial charge is 0.346 e. The van der Waals surface area contributed by atoms with E-state index in [0.717, 1.165) is 11.1 Å². The molecule has 112 valence electrons. The van der Waals surface area contributed by atoms with Gasteiger partial charge in [0.2, 0.25) is 0 Å². The zero-order valence-electron chi connectivity index (χ0n) is 12.8. The molecule has 0 spiro atoms. The van der Waals surface area contributed by atoms with Crippen molar-refractivity contribution in [2.75, 3.05) is 0 Å². The summed E-state index contributed by atoms with van der Waals surface area (Å²) in [5.74, 6) is 0. The lowest BCUT2D eigenvalue weighted by molar-refractivity contribution is 0.341. The number of nitriles is 1. The molecule has 0 unspecified atom stereocenters. The second-order valence-electron chi connectivity index (χ2n) is 6.26. The Hall–Kier alpha value is -2.81. The van der Waals surface area contributed by atoms with Crippen LogP contribution in [0.2, 0.25) is 0 Å². The summed E-state index contributed by atoms with van der Waals surface area (Å²) < 4.78 is 4.88. The van der Waals surface area contributed by atoms with Crippen molar-refractivity contribution in [3.05, 3.63) is 58.5 Å². The van der Waals surface area contributed by atoms with Gasteiger partial charge in [0.15, 0.2) is 0 Å². The number of hydrogen-bond acceptors (Lipinski definition) is 3. The van der Waals surface area contributed by atoms with Crippen LogP contribution in [-0.4, -0.2) is 18.7 Å². The van der Waals surface area contributed by atoms with E-state index in [-0.39, 0.29) is 11.2 Å². The minimum absolute atomic E-state index is 0.174. The standard InChI is InChI=1S/C16H17N5O/c1-16(2,3)21-15(22)20(11-18-21)10-12-9-19-7-5-4-6-14(19)13(12)8-17/h4-7,9,11H,10H2,1-3H3. The van der Waals surface area contributed by atoms with Crippen LogP contribution in [0.1, 0.15) is 31.9 Å². The highest BCUT2D eigenvalue weighted by molar-refractivity contribution is 5.65. The second-order valence-corrected chi connectivity index (χ2v) is 6.26. The molecule has 0 aliphatic rings. The molecule has 3 aromatic heterocycles. The Labute approximate surface area is 127 Å². The third-order valence-corrected chi connectivity index (χ3v) is 3.58. The predicted octanol–water partition coefficient (Wildman–Crippen LogP) is 1.97. The molecule has 3 heterocycles. The summed E-state index contributed by atoms with van der Waals surface area (Å²) in [4.78, 5) is 12.4. The van der Waals surface area contributed by atoms with Crippen LogP contribution < -0.4 is 5.69 Å². The van der Waals surface area contributed by atoms with Gasteiger partial charge >= 0.3 is 5.69 Å². The quantitative estimate of drug-likeness (QED) is 0.726. The molecule has 0 saturated carbocycles. The summed E-state index contributed by atoms with van der Waals surface area (Å²) >= 11 is 0. The fourth-order valence-electron chi connectivity index (χ4n) is 2.51. The van der Waals surface area contributed by atoms with Crippen LogP contribution in [0, 0.1) is 11.3 Å². The Balaban J connectivity index is 2.07. The van der Waals surface area contributed by atoms with E-state index in [1.54, 1.807) is 0 Å². The molecule has 0 N–H and O–H groups in total. The molecular formula is C16H17N5O. The molecule has 0 aromatic carbocycles. The third kappa shape index (κ3) is 2.21. The van der Waals surface area contributed by atoms with Crippen LogP contribution in [0.5, 0.6) is 0 Å². The average molecular weight is 295 g/mol. The van der Waals surface area contributed by atoms with E-state index >= 15 is 0 Å². The molecular weight excluding hydrogens is 278 g/mol. The fraction of sp³-hybridized carbons (Fsp3) is 0.312. The van der Waals surface area contributed by atoms with E-state index in [9.17, 15) is 10.1 Å². The number of hydrogen-bond donors (Lipinski definition) is 0. The molecule has 0 aliphatic carbocycles. The van der Waals surface area contributed by atoms with Gasteiger partial charge in [0.25, 0.3) is 0 Å². The maximum atomic E-state index is 12.4. The third-order valence-electron chi connectivity index (χ3n) is 3.58. The first-order valence-corrected chi connectivity index (χ1v) is 7.05. The molecule has 0 aliphatic heterocycles. The van der Waals surface area contributed by atoms with Crippen molar-refractivity contribution in [1.29, 1.82) is 5.26 Å². The zero-order valence-corrected chi connectivity index (χ0v) is 12.8. The van der Waals surface area contributed by atoms with E-state index in [1.165, 1.54) is 15.6 Å². The van der Waals surface area contributed by atoms with E-state index in [4.69, 9.17) is 0 Å². The predicted molar refractivity (Wildman–Crippen MR) is 82.7 cm³/mol. The number of pyridine rings is 1. The molecule has 3 rings (SSSR count). The average Bonchev–Trinajstić information content (AvgIpc) is 2.99. The van der Waals surface area contributed by atoms with Gasteiger partial charge in [0.1, 0.15) is 12.4 Å². The SMILES string of the molecule is CC(C)(C)n1ncn(Cc2cn3ccccc3c2C#N)c1=O. The number of rotatable bonds is 2. The van der Waals surface area contributed by atoms with Crippen LogP contribution in [0.3, 0.4) is 0 Å². The fourth-order valence-corrected chi connectivity index (χ4v) is 2.51. The molecule has 0 bridgehead atoms. The van der Waals surface area contributed by atoms with E-state index in [1.807, 2.05) is 55.8 Å². The molecule has 0 fully saturated rings. The molecule has 0 saturated heterocycles. The van der Waals surface area contributed by atoms with E-state index in [2.05, 4.69) is 11.2 Å². The summed E-state index contributed by atoms with van der Waals surface area (Å²) in [5, 5.41) is 13.6. The van der Waals surface area contributed by atoms with Crippen LogP contribution >= 0.6 is 0 Å². The Bertz CT molecular complexity index is 930. The minimum atomic E-state index is -0.369. The normalized spacial score (nSPS) is 11.7. The van der Waals surface area contributed by atoms with Gasteiger partial charge < -0.3 is 4.40 Å². The van der Waals surface area contributed by atoms with Crippen LogP contribution in [0.25, 0.3) is 5.52 Å². The van der Waals surface area contributed by atoms with Gasteiger partial charge in [-0.15, -0.1) is 0 Å². The minimum Gasteiger partial charge on any atom is -0.322 e. The van der Waals surface area contributed by atoms with Gasteiger partial charge in [0, 0.05) is 18.0 Å². The lowest BCUT2D eigenvalue weighted by Gasteiger charge is -2.16. The molecule has 6 heteroatoms. The topological polar surface area (TPSA) is 68.0 Å². The molecule has 22 heavy (non-hydrogen) atoms. The summed E-state index contributed by atoms with van der Waals surface area (Å²) in [5.41, 5.74) is 1.70. The summed E-state index contributed by atoms with van der Waals surface area (Å²) in [7, 11) is 0. The first kappa shape index (κ1) is 14.1. The van der Waals surface area contributed by atoms with Gasteiger partial charge in [-0.05, 0) is 32.9 Å². The molecule has 0 atom stereocenters. The Morgan fingerprint density at radius 2 is 2.09 bits per heavy atom. The summed E-state index contributed by atoms with van der Waals surface area (Å²) in [6, 6.07) is 7.92. The van der Waals surface area contributed by atoms with Crippen molar-refractivity contribution in [2.45, 2.75) is 32.9 Å². The molecule has 3 aromatic rings. The Kier molecular flexibility index (Phi) is 3.14. The smallest absolute Gasteiger partial charge is 0.322 e. The monoisotopic (exact) mass is 295 g/mol. The van der Waals surface area contributed by atoms with Crippen LogP contribution in [0.4, 0.5) is 0 Å². The van der Waals surface area contributed by atoms with Gasteiger partial charge in [-0.25, -0.2) is 9.48 Å². The summed E-state index contributed by atoms with van der Waals surface area (Å²) in [6.45, 7) is 6.12. The van der Waals surface area contributed by atoms with E-state index in [0.29, 0.717) is 12.1 Å². The maximum absolute atomic E-state index is 12.4. The molecule has 0 amide bonds. The number of fused-ring (bicyclic) bond motifs is 1. The lowest BCUT2D eigenvalue weighted by atomic mass is 10.1. The molecule has 0 radical (unpaired) electrons. The summed E-state index contributed by atoms with van der Waals surface area (Å²) in [6.07, 6.45) is 5.30. The van der Waals surface area contributed by atoms with Crippen molar-refractivity contribution in [3.8, 4) is 6.07 Å².